The van der Waals surface area contributed by atoms with Gasteiger partial charge in [0.2, 0.25) is 0 Å². The summed E-state index contributed by atoms with van der Waals surface area (Å²) in [6.45, 7) is 6.52. The lowest BCUT2D eigenvalue weighted by molar-refractivity contribution is -0.0458. The molecule has 0 radical (unpaired) electrons. The highest BCUT2D eigenvalue weighted by atomic mass is 16.5. The molecule has 4 nitrogen and oxygen atoms in total. The minimum atomic E-state index is -0.106. The first-order valence-corrected chi connectivity index (χ1v) is 7.31. The van der Waals surface area contributed by atoms with Gasteiger partial charge in [0.05, 0.1) is 11.3 Å². The van der Waals surface area contributed by atoms with Crippen LogP contribution in [0.25, 0.3) is 0 Å². The van der Waals surface area contributed by atoms with Crippen molar-refractivity contribution in [1.29, 1.82) is 0 Å². The zero-order valence-electron chi connectivity index (χ0n) is 13.3. The third kappa shape index (κ3) is 3.37. The summed E-state index contributed by atoms with van der Waals surface area (Å²) in [7, 11) is 5.85. The Bertz CT molecular complexity index is 374. The zero-order chi connectivity index (χ0) is 14.5. The van der Waals surface area contributed by atoms with Crippen LogP contribution < -0.4 is 5.32 Å². The van der Waals surface area contributed by atoms with E-state index in [1.807, 2.05) is 25.9 Å². The molecule has 0 bridgehead atoms. The number of aromatic nitrogens is 2. The number of rotatable bonds is 8. The second-order valence-corrected chi connectivity index (χ2v) is 5.13. The smallest absolute Gasteiger partial charge is 0.0829 e. The molecular formula is C15H29N3O. The highest BCUT2D eigenvalue weighted by molar-refractivity contribution is 5.13. The van der Waals surface area contributed by atoms with Gasteiger partial charge in [0, 0.05) is 32.3 Å². The Morgan fingerprint density at radius 2 is 2.00 bits per heavy atom. The van der Waals surface area contributed by atoms with Crippen molar-refractivity contribution in [3.63, 3.8) is 0 Å². The number of nitrogens with zero attached hydrogens (tertiary/aromatic N) is 2. The molecule has 1 rings (SSSR count). The Hall–Kier alpha value is -0.870. The Balaban J connectivity index is 2.94. The minimum Gasteiger partial charge on any atom is -0.377 e. The maximum absolute atomic E-state index is 5.84. The van der Waals surface area contributed by atoms with Crippen molar-refractivity contribution in [3.05, 3.63) is 17.5 Å². The van der Waals surface area contributed by atoms with Gasteiger partial charge in [0.25, 0.3) is 0 Å². The maximum Gasteiger partial charge on any atom is 0.0829 e. The quantitative estimate of drug-likeness (QED) is 0.785. The van der Waals surface area contributed by atoms with Crippen LogP contribution in [0.4, 0.5) is 0 Å². The van der Waals surface area contributed by atoms with E-state index in [0.717, 1.165) is 31.4 Å². The van der Waals surface area contributed by atoms with E-state index in [9.17, 15) is 0 Å². The molecule has 1 N–H and O–H groups in total. The average molecular weight is 267 g/mol. The predicted octanol–water partition coefficient (Wildman–Crippen LogP) is 2.32. The van der Waals surface area contributed by atoms with Crippen molar-refractivity contribution < 1.29 is 4.74 Å². The summed E-state index contributed by atoms with van der Waals surface area (Å²) in [5.41, 5.74) is 2.31. The standard InChI is InChI=1S/C15H29N3O/c1-7-12-10-13(18(5)17-12)11-14(16-4)15(8-2,9-3)19-6/h10,14,16H,7-9,11H2,1-6H3. The molecule has 110 valence electrons. The Kier molecular flexibility index (Phi) is 6.01. The van der Waals surface area contributed by atoms with Crippen molar-refractivity contribution in [1.82, 2.24) is 15.1 Å². The summed E-state index contributed by atoms with van der Waals surface area (Å²) in [4.78, 5) is 0. The van der Waals surface area contributed by atoms with Crippen molar-refractivity contribution >= 4 is 0 Å². The van der Waals surface area contributed by atoms with E-state index in [1.54, 1.807) is 0 Å². The molecule has 0 spiro atoms. The molecule has 0 aliphatic heterocycles. The minimum absolute atomic E-state index is 0.106. The maximum atomic E-state index is 5.84. The van der Waals surface area contributed by atoms with Gasteiger partial charge in [-0.25, -0.2) is 0 Å². The molecular weight excluding hydrogens is 238 g/mol. The monoisotopic (exact) mass is 267 g/mol. The third-order valence-electron chi connectivity index (χ3n) is 4.39. The largest absolute Gasteiger partial charge is 0.377 e. The lowest BCUT2D eigenvalue weighted by atomic mass is 9.85. The van der Waals surface area contributed by atoms with Crippen LogP contribution in [-0.2, 0) is 24.6 Å². The van der Waals surface area contributed by atoms with Gasteiger partial charge < -0.3 is 10.1 Å². The normalized spacial score (nSPS) is 13.8. The van der Waals surface area contributed by atoms with Gasteiger partial charge in [0.15, 0.2) is 0 Å². The molecule has 1 atom stereocenters. The van der Waals surface area contributed by atoms with Gasteiger partial charge in [-0.2, -0.15) is 5.10 Å². The number of methoxy groups -OCH3 is 1. The van der Waals surface area contributed by atoms with Gasteiger partial charge in [-0.15, -0.1) is 0 Å². The molecule has 1 heterocycles. The van der Waals surface area contributed by atoms with E-state index in [0.29, 0.717) is 6.04 Å². The fraction of sp³-hybridized carbons (Fsp3) is 0.800. The van der Waals surface area contributed by atoms with Gasteiger partial charge in [-0.1, -0.05) is 20.8 Å². The van der Waals surface area contributed by atoms with Crippen LogP contribution >= 0.6 is 0 Å². The van der Waals surface area contributed by atoms with E-state index >= 15 is 0 Å². The Morgan fingerprint density at radius 1 is 1.37 bits per heavy atom. The number of likely N-dealkylation sites (N-methyl/N-ethyl adjacent to an activating group) is 1. The molecule has 0 saturated heterocycles. The lowest BCUT2D eigenvalue weighted by Crippen LogP contribution is -2.51. The van der Waals surface area contributed by atoms with Gasteiger partial charge in [-0.05, 0) is 32.4 Å². The Labute approximate surface area is 117 Å². The Morgan fingerprint density at radius 3 is 2.37 bits per heavy atom. The van der Waals surface area contributed by atoms with Crippen LogP contribution in [0.2, 0.25) is 0 Å². The van der Waals surface area contributed by atoms with E-state index < -0.39 is 0 Å². The fourth-order valence-corrected chi connectivity index (χ4v) is 2.87. The molecule has 1 unspecified atom stereocenters. The molecule has 1 aromatic heterocycles. The number of hydrogen-bond donors (Lipinski definition) is 1. The average Bonchev–Trinajstić information content (AvgIpc) is 2.80. The van der Waals surface area contributed by atoms with Gasteiger partial charge in [-0.3, -0.25) is 4.68 Å². The van der Waals surface area contributed by atoms with Crippen molar-refractivity contribution in [3.8, 4) is 0 Å². The summed E-state index contributed by atoms with van der Waals surface area (Å²) in [6.07, 6.45) is 3.93. The summed E-state index contributed by atoms with van der Waals surface area (Å²) < 4.78 is 7.84. The summed E-state index contributed by atoms with van der Waals surface area (Å²) >= 11 is 0. The SMILES string of the molecule is CCc1cc(CC(NC)C(CC)(CC)OC)n(C)n1. The topological polar surface area (TPSA) is 39.1 Å². The summed E-state index contributed by atoms with van der Waals surface area (Å²) in [5.74, 6) is 0. The van der Waals surface area contributed by atoms with E-state index in [2.05, 4.69) is 37.3 Å². The van der Waals surface area contributed by atoms with E-state index in [1.165, 1.54) is 5.69 Å². The molecule has 0 amide bonds. The molecule has 19 heavy (non-hydrogen) atoms. The first kappa shape index (κ1) is 16.2. The second-order valence-electron chi connectivity index (χ2n) is 5.13. The molecule has 0 aliphatic carbocycles. The molecule has 1 aromatic rings. The van der Waals surface area contributed by atoms with Crippen molar-refractivity contribution in [2.45, 2.75) is 58.1 Å². The molecule has 0 saturated carbocycles. The zero-order valence-corrected chi connectivity index (χ0v) is 13.3. The van der Waals surface area contributed by atoms with Gasteiger partial charge >= 0.3 is 0 Å². The molecule has 0 aromatic carbocycles. The second kappa shape index (κ2) is 7.06. The van der Waals surface area contributed by atoms with Crippen LogP contribution in [0.1, 0.15) is 45.0 Å². The number of ether oxygens (including phenoxy) is 1. The van der Waals surface area contributed by atoms with Gasteiger partial charge in [0.1, 0.15) is 0 Å². The number of nitrogens with one attached hydrogen (secondary N) is 1. The summed E-state index contributed by atoms with van der Waals surface area (Å²) in [5, 5.41) is 7.96. The fourth-order valence-electron chi connectivity index (χ4n) is 2.87. The van der Waals surface area contributed by atoms with Crippen molar-refractivity contribution in [2.24, 2.45) is 7.05 Å². The van der Waals surface area contributed by atoms with Crippen LogP contribution in [-0.4, -0.2) is 35.6 Å². The highest BCUT2D eigenvalue weighted by Gasteiger charge is 2.35. The third-order valence-corrected chi connectivity index (χ3v) is 4.39. The first-order chi connectivity index (χ1) is 9.06. The van der Waals surface area contributed by atoms with Crippen LogP contribution in [0.15, 0.2) is 6.07 Å². The van der Waals surface area contributed by atoms with E-state index in [4.69, 9.17) is 4.74 Å². The highest BCUT2D eigenvalue weighted by Crippen LogP contribution is 2.26. The van der Waals surface area contributed by atoms with Crippen molar-refractivity contribution in [2.75, 3.05) is 14.2 Å². The van der Waals surface area contributed by atoms with Crippen LogP contribution in [0.3, 0.4) is 0 Å². The number of hydrogen-bond acceptors (Lipinski definition) is 3. The van der Waals surface area contributed by atoms with Crippen LogP contribution in [0, 0.1) is 0 Å². The number of aryl methyl sites for hydroxylation is 2. The van der Waals surface area contributed by atoms with E-state index in [-0.39, 0.29) is 5.60 Å². The lowest BCUT2D eigenvalue weighted by Gasteiger charge is -2.38. The molecule has 0 aliphatic rings. The van der Waals surface area contributed by atoms with Crippen LogP contribution in [0.5, 0.6) is 0 Å². The summed E-state index contributed by atoms with van der Waals surface area (Å²) in [6, 6.07) is 2.50. The predicted molar refractivity (Wildman–Crippen MR) is 79.5 cm³/mol. The molecule has 0 fully saturated rings. The first-order valence-electron chi connectivity index (χ1n) is 7.31. The molecule has 4 heteroatoms.